The smallest absolute Gasteiger partial charge is 0.0996 e. The van der Waals surface area contributed by atoms with E-state index in [2.05, 4.69) is 4.90 Å². The molecular weight excluding hydrogens is 186 g/mol. The molecule has 0 aromatic carbocycles. The highest BCUT2D eigenvalue weighted by Crippen LogP contribution is 2.36. The van der Waals surface area contributed by atoms with E-state index in [0.29, 0.717) is 6.10 Å². The Morgan fingerprint density at radius 3 is 2.80 bits per heavy atom. The van der Waals surface area contributed by atoms with Gasteiger partial charge in [0.25, 0.3) is 0 Å². The molecule has 3 fully saturated rings. The molecule has 86 valence electrons. The van der Waals surface area contributed by atoms with Gasteiger partial charge in [0.15, 0.2) is 0 Å². The summed E-state index contributed by atoms with van der Waals surface area (Å²) in [6.45, 7) is 2.20. The lowest BCUT2D eigenvalue weighted by atomic mass is 9.81. The summed E-state index contributed by atoms with van der Waals surface area (Å²) >= 11 is 0. The van der Waals surface area contributed by atoms with E-state index in [0.717, 1.165) is 18.7 Å². The minimum Gasteiger partial charge on any atom is -0.363 e. The third kappa shape index (κ3) is 2.07. The number of ether oxygens (including phenoxy) is 1. The van der Waals surface area contributed by atoms with Crippen LogP contribution >= 0.6 is 0 Å². The van der Waals surface area contributed by atoms with Crippen molar-refractivity contribution in [1.29, 1.82) is 0 Å². The van der Waals surface area contributed by atoms with Crippen molar-refractivity contribution in [2.45, 2.75) is 63.5 Å². The lowest BCUT2D eigenvalue weighted by Crippen LogP contribution is -2.39. The van der Waals surface area contributed by atoms with Crippen LogP contribution in [0.15, 0.2) is 0 Å². The summed E-state index contributed by atoms with van der Waals surface area (Å²) in [5.74, 6) is 0.881. The van der Waals surface area contributed by atoms with Crippen molar-refractivity contribution in [3.05, 3.63) is 0 Å². The van der Waals surface area contributed by atoms with E-state index in [1.54, 1.807) is 0 Å². The highest BCUT2D eigenvalue weighted by atomic mass is 16.5. The SMILES string of the molecule is C1CC[C@H]2OCN3CCCC[C@@H]3C[C@H]2C1. The van der Waals surface area contributed by atoms with E-state index in [9.17, 15) is 0 Å². The van der Waals surface area contributed by atoms with Gasteiger partial charge in [-0.05, 0) is 38.0 Å². The van der Waals surface area contributed by atoms with Gasteiger partial charge in [-0.15, -0.1) is 0 Å². The van der Waals surface area contributed by atoms with Crippen LogP contribution in [0.5, 0.6) is 0 Å². The number of nitrogens with zero attached hydrogens (tertiary/aromatic N) is 1. The maximum Gasteiger partial charge on any atom is 0.0996 e. The van der Waals surface area contributed by atoms with Crippen molar-refractivity contribution >= 4 is 0 Å². The van der Waals surface area contributed by atoms with Gasteiger partial charge in [-0.25, -0.2) is 0 Å². The Kier molecular flexibility index (Phi) is 2.98. The molecule has 2 heteroatoms. The first-order chi connectivity index (χ1) is 7.43. The van der Waals surface area contributed by atoms with Crippen LogP contribution in [-0.4, -0.2) is 30.3 Å². The van der Waals surface area contributed by atoms with Crippen LogP contribution in [0.1, 0.15) is 51.4 Å². The number of hydrogen-bond acceptors (Lipinski definition) is 2. The van der Waals surface area contributed by atoms with Gasteiger partial charge in [0, 0.05) is 12.6 Å². The van der Waals surface area contributed by atoms with Gasteiger partial charge < -0.3 is 4.74 Å². The van der Waals surface area contributed by atoms with Crippen molar-refractivity contribution < 1.29 is 4.74 Å². The molecule has 3 atom stereocenters. The van der Waals surface area contributed by atoms with Crippen LogP contribution in [0.3, 0.4) is 0 Å². The van der Waals surface area contributed by atoms with E-state index in [1.165, 1.54) is 57.9 Å². The minimum atomic E-state index is 0.601. The molecule has 0 spiro atoms. The maximum absolute atomic E-state index is 6.10. The fourth-order valence-electron chi connectivity index (χ4n) is 3.70. The van der Waals surface area contributed by atoms with Crippen LogP contribution in [0.2, 0.25) is 0 Å². The Bertz CT molecular complexity index is 197. The number of piperidine rings is 1. The molecule has 0 N–H and O–H groups in total. The molecule has 15 heavy (non-hydrogen) atoms. The van der Waals surface area contributed by atoms with Gasteiger partial charge in [-0.1, -0.05) is 19.3 Å². The number of hydrogen-bond donors (Lipinski definition) is 0. The zero-order valence-corrected chi connectivity index (χ0v) is 9.66. The molecule has 0 aromatic heterocycles. The summed E-state index contributed by atoms with van der Waals surface area (Å²) in [5.41, 5.74) is 0. The molecule has 1 aliphatic carbocycles. The van der Waals surface area contributed by atoms with Crippen molar-refractivity contribution in [3.63, 3.8) is 0 Å². The highest BCUT2D eigenvalue weighted by Gasteiger charge is 2.35. The molecule has 2 saturated heterocycles. The minimum absolute atomic E-state index is 0.601. The Morgan fingerprint density at radius 1 is 0.933 bits per heavy atom. The van der Waals surface area contributed by atoms with E-state index >= 15 is 0 Å². The predicted octanol–water partition coefficient (Wildman–Crippen LogP) is 2.78. The second-order valence-corrected chi connectivity index (χ2v) is 5.58. The van der Waals surface area contributed by atoms with Gasteiger partial charge in [-0.2, -0.15) is 0 Å². The molecule has 0 aromatic rings. The highest BCUT2D eigenvalue weighted by molar-refractivity contribution is 4.86. The van der Waals surface area contributed by atoms with Crippen molar-refractivity contribution in [2.24, 2.45) is 5.92 Å². The fraction of sp³-hybridized carbons (Fsp3) is 1.00. The monoisotopic (exact) mass is 209 g/mol. The predicted molar refractivity (Wildman–Crippen MR) is 60.7 cm³/mol. The Hall–Kier alpha value is -0.0800. The average molecular weight is 209 g/mol. The quantitative estimate of drug-likeness (QED) is 0.608. The first-order valence-electron chi connectivity index (χ1n) is 6.79. The summed E-state index contributed by atoms with van der Waals surface area (Å²) in [6.07, 6.45) is 11.9. The summed E-state index contributed by atoms with van der Waals surface area (Å²) in [4.78, 5) is 2.60. The Balaban J connectivity index is 1.70. The fourth-order valence-corrected chi connectivity index (χ4v) is 3.70. The first-order valence-corrected chi connectivity index (χ1v) is 6.79. The molecule has 2 nitrogen and oxygen atoms in total. The summed E-state index contributed by atoms with van der Waals surface area (Å²) in [6, 6.07) is 0.854. The van der Waals surface area contributed by atoms with E-state index in [4.69, 9.17) is 4.74 Å². The zero-order valence-electron chi connectivity index (χ0n) is 9.66. The molecule has 3 rings (SSSR count). The average Bonchev–Trinajstić information content (AvgIpc) is 2.48. The largest absolute Gasteiger partial charge is 0.363 e. The van der Waals surface area contributed by atoms with Crippen molar-refractivity contribution in [2.75, 3.05) is 13.3 Å². The lowest BCUT2D eigenvalue weighted by Gasteiger charge is -2.34. The van der Waals surface area contributed by atoms with Crippen LogP contribution in [-0.2, 0) is 4.74 Å². The van der Waals surface area contributed by atoms with Crippen LogP contribution in [0, 0.1) is 5.92 Å². The van der Waals surface area contributed by atoms with Crippen molar-refractivity contribution in [1.82, 2.24) is 4.90 Å². The number of fused-ring (bicyclic) bond motifs is 2. The molecular formula is C13H23NO. The topological polar surface area (TPSA) is 12.5 Å². The van der Waals surface area contributed by atoms with Crippen LogP contribution < -0.4 is 0 Å². The normalized spacial score (nSPS) is 42.8. The second-order valence-electron chi connectivity index (χ2n) is 5.58. The standard InChI is InChI=1S/C13H23NO/c1-2-7-13-11(5-1)9-12-6-3-4-8-14(12)10-15-13/h11-13H,1-10H2/t11-,12-,13-/m1/s1. The molecule has 0 amide bonds. The van der Waals surface area contributed by atoms with E-state index in [-0.39, 0.29) is 0 Å². The second kappa shape index (κ2) is 4.42. The van der Waals surface area contributed by atoms with Crippen LogP contribution in [0.4, 0.5) is 0 Å². The third-order valence-corrected chi connectivity index (χ3v) is 4.62. The number of rotatable bonds is 0. The molecule has 2 heterocycles. The van der Waals surface area contributed by atoms with Crippen molar-refractivity contribution in [3.8, 4) is 0 Å². The summed E-state index contributed by atoms with van der Waals surface area (Å²) < 4.78 is 6.10. The van der Waals surface area contributed by atoms with Gasteiger partial charge >= 0.3 is 0 Å². The molecule has 3 aliphatic rings. The molecule has 2 aliphatic heterocycles. The summed E-state index contributed by atoms with van der Waals surface area (Å²) in [7, 11) is 0. The lowest BCUT2D eigenvalue weighted by molar-refractivity contribution is -0.0461. The first kappa shape index (κ1) is 10.1. The van der Waals surface area contributed by atoms with Crippen LogP contribution in [0.25, 0.3) is 0 Å². The molecule has 0 bridgehead atoms. The van der Waals surface area contributed by atoms with Gasteiger partial charge in [0.05, 0.1) is 12.8 Å². The van der Waals surface area contributed by atoms with Gasteiger partial charge in [0.2, 0.25) is 0 Å². The van der Waals surface area contributed by atoms with Gasteiger partial charge in [0.1, 0.15) is 0 Å². The van der Waals surface area contributed by atoms with E-state index in [1.807, 2.05) is 0 Å². The molecule has 0 unspecified atom stereocenters. The third-order valence-electron chi connectivity index (χ3n) is 4.62. The molecule has 0 radical (unpaired) electrons. The maximum atomic E-state index is 6.10. The van der Waals surface area contributed by atoms with E-state index < -0.39 is 0 Å². The Labute approximate surface area is 93.0 Å². The summed E-state index contributed by atoms with van der Waals surface area (Å²) in [5, 5.41) is 0. The zero-order chi connectivity index (χ0) is 10.1. The molecule has 1 saturated carbocycles. The Morgan fingerprint density at radius 2 is 1.80 bits per heavy atom. The van der Waals surface area contributed by atoms with Gasteiger partial charge in [-0.3, -0.25) is 4.90 Å².